The molecular weight excluding hydrogens is 1700 g/mol. The van der Waals surface area contributed by atoms with E-state index in [0.717, 1.165) is 53.8 Å². The fourth-order valence-corrected chi connectivity index (χ4v) is 15.5. The zero-order valence-electron chi connectivity index (χ0n) is 40.7. The van der Waals surface area contributed by atoms with Crippen molar-refractivity contribution < 1.29 is 86.0 Å². The number of benzene rings is 5. The van der Waals surface area contributed by atoms with E-state index < -0.39 is 105 Å². The molecule has 4 N–H and O–H groups in total. The molecule has 0 radical (unpaired) electrons. The summed E-state index contributed by atoms with van der Waals surface area (Å²) in [7, 11) is -4.60. The van der Waals surface area contributed by atoms with Gasteiger partial charge in [-0.2, -0.15) is 110 Å². The fourth-order valence-electron chi connectivity index (χ4n) is 7.64. The number of rotatable bonds is 2. The first-order chi connectivity index (χ1) is 38.5. The molecule has 5 heterocycles. The summed E-state index contributed by atoms with van der Waals surface area (Å²) in [6, 6.07) is 0. The van der Waals surface area contributed by atoms with Crippen molar-refractivity contribution in [1.82, 2.24) is 43.7 Å². The SMILES string of the molecule is Cc1c(C(F)(F)F)c(B(O)O)c2nsnc2c1B(O)O.Cc1c(C(F)(F)F)c(Br)c2nsnc2c1Br.Cc1c(C(F)(F)F)c(Cl)c2nsnc2c1Br.Cc1c(C(F)(F)F)c(Cl)c2nsnc2c1Cl.Cc1c(C(F)(F)F)c(I)c2nsnc2c1Br. The first kappa shape index (κ1) is 70.7. The maximum atomic E-state index is 13.1. The molecule has 0 saturated heterocycles. The van der Waals surface area contributed by atoms with Gasteiger partial charge in [-0.15, -0.1) is 0 Å². The predicted octanol–water partition coefficient (Wildman–Crippen LogP) is 16.1. The Bertz CT molecular complexity index is 3750. The molecule has 0 aliphatic rings. The molecule has 0 atom stereocenters. The second-order valence-electron chi connectivity index (χ2n) is 16.4. The fraction of sp³-hybridized carbons (Fsp3) is 0.250. The molecule has 10 rings (SSSR count). The summed E-state index contributed by atoms with van der Waals surface area (Å²) >= 11 is 35.0. The minimum atomic E-state index is -4.91. The molecule has 5 aromatic heterocycles. The Morgan fingerprint density at radius 3 is 0.976 bits per heavy atom. The minimum Gasteiger partial charge on any atom is -0.423 e. The van der Waals surface area contributed by atoms with Crippen LogP contribution in [0.4, 0.5) is 65.9 Å². The number of halogens is 23. The Hall–Kier alpha value is -2.36. The maximum Gasteiger partial charge on any atom is 0.491 e. The zero-order chi connectivity index (χ0) is 63.6. The van der Waals surface area contributed by atoms with Crippen molar-refractivity contribution in [2.75, 3.05) is 0 Å². The van der Waals surface area contributed by atoms with E-state index in [1.54, 1.807) is 22.6 Å². The van der Waals surface area contributed by atoms with Crippen molar-refractivity contribution in [3.05, 3.63) is 92.2 Å². The summed E-state index contributed by atoms with van der Waals surface area (Å²) < 4.78 is 232. The average Bonchev–Trinajstić information content (AvgIpc) is 1.60. The third-order valence-corrected chi connectivity index (χ3v) is 19.9. The molecule has 0 amide bonds. The Morgan fingerprint density at radius 2 is 0.595 bits per heavy atom. The molecular formula is C40H19B2Br4Cl3F15IN10O4S5. The van der Waals surface area contributed by atoms with Gasteiger partial charge < -0.3 is 20.1 Å². The first-order valence-electron chi connectivity index (χ1n) is 21.3. The van der Waals surface area contributed by atoms with Crippen LogP contribution in [0.15, 0.2) is 17.9 Å². The first-order valence-corrected chi connectivity index (χ1v) is 30.3. The Labute approximate surface area is 542 Å². The van der Waals surface area contributed by atoms with Crippen LogP contribution in [0.5, 0.6) is 0 Å². The molecule has 0 aliphatic heterocycles. The van der Waals surface area contributed by atoms with E-state index in [0.29, 0.717) is 42.7 Å². The van der Waals surface area contributed by atoms with Crippen LogP contribution in [-0.2, 0) is 30.9 Å². The summed E-state index contributed by atoms with van der Waals surface area (Å²) in [4.78, 5) is 0. The number of hydrogen-bond donors (Lipinski definition) is 4. The van der Waals surface area contributed by atoms with Crippen LogP contribution in [-0.4, -0.2) is 78.1 Å². The highest BCUT2D eigenvalue weighted by Gasteiger charge is 2.44. The topological polar surface area (TPSA) is 210 Å². The second-order valence-corrected chi connectivity index (χ2v) is 24.4. The third-order valence-electron chi connectivity index (χ3n) is 11.3. The Kier molecular flexibility index (Phi) is 22.4. The zero-order valence-corrected chi connectivity index (χ0v) is 55.5. The van der Waals surface area contributed by atoms with Crippen LogP contribution in [0.3, 0.4) is 0 Å². The highest BCUT2D eigenvalue weighted by molar-refractivity contribution is 14.1. The van der Waals surface area contributed by atoms with Crippen molar-refractivity contribution >= 4 is 260 Å². The van der Waals surface area contributed by atoms with Gasteiger partial charge in [0.2, 0.25) is 0 Å². The molecule has 0 spiro atoms. The molecule has 14 nitrogen and oxygen atoms in total. The van der Waals surface area contributed by atoms with E-state index in [-0.39, 0.29) is 67.4 Å². The van der Waals surface area contributed by atoms with Crippen molar-refractivity contribution in [1.29, 1.82) is 0 Å². The van der Waals surface area contributed by atoms with E-state index >= 15 is 0 Å². The van der Waals surface area contributed by atoms with Gasteiger partial charge in [-0.3, -0.25) is 0 Å². The van der Waals surface area contributed by atoms with Crippen LogP contribution < -0.4 is 10.9 Å². The van der Waals surface area contributed by atoms with Crippen molar-refractivity contribution in [3.63, 3.8) is 0 Å². The highest BCUT2D eigenvalue weighted by Crippen LogP contribution is 2.48. The molecule has 450 valence electrons. The molecule has 10 aromatic rings. The van der Waals surface area contributed by atoms with E-state index in [9.17, 15) is 86.0 Å². The largest absolute Gasteiger partial charge is 0.491 e. The molecule has 5 aromatic carbocycles. The lowest BCUT2D eigenvalue weighted by Crippen LogP contribution is -2.43. The second kappa shape index (κ2) is 26.6. The molecule has 84 heavy (non-hydrogen) atoms. The quantitative estimate of drug-likeness (QED) is 0.0721. The van der Waals surface area contributed by atoms with Crippen LogP contribution in [0.1, 0.15) is 55.6 Å². The number of nitrogens with zero attached hydrogens (tertiary/aromatic N) is 10. The third kappa shape index (κ3) is 14.3. The van der Waals surface area contributed by atoms with Gasteiger partial charge in [0.15, 0.2) is 0 Å². The molecule has 0 unspecified atom stereocenters. The lowest BCUT2D eigenvalue weighted by atomic mass is 9.68. The van der Waals surface area contributed by atoms with Crippen LogP contribution in [0.25, 0.3) is 55.2 Å². The summed E-state index contributed by atoms with van der Waals surface area (Å²) in [5.41, 5.74) is -4.67. The van der Waals surface area contributed by atoms with Gasteiger partial charge >= 0.3 is 45.1 Å². The van der Waals surface area contributed by atoms with Crippen LogP contribution in [0, 0.1) is 38.2 Å². The normalized spacial score (nSPS) is 12.3. The molecule has 0 bridgehead atoms. The Morgan fingerprint density at radius 1 is 0.333 bits per heavy atom. The summed E-state index contributed by atoms with van der Waals surface area (Å²) in [6.45, 7) is 6.43. The number of alkyl halides is 15. The number of hydrogen-bond acceptors (Lipinski definition) is 19. The van der Waals surface area contributed by atoms with E-state index in [1.165, 1.54) is 27.7 Å². The van der Waals surface area contributed by atoms with Crippen molar-refractivity contribution in [3.8, 4) is 0 Å². The smallest absolute Gasteiger partial charge is 0.423 e. The van der Waals surface area contributed by atoms with E-state index in [4.69, 9.17) is 34.8 Å². The minimum absolute atomic E-state index is 0.00501. The van der Waals surface area contributed by atoms with Gasteiger partial charge in [-0.1, -0.05) is 34.8 Å². The van der Waals surface area contributed by atoms with Gasteiger partial charge in [0.1, 0.15) is 55.2 Å². The predicted molar refractivity (Wildman–Crippen MR) is 314 cm³/mol. The van der Waals surface area contributed by atoms with Gasteiger partial charge in [-0.05, 0) is 149 Å². The van der Waals surface area contributed by atoms with Gasteiger partial charge in [0, 0.05) is 10.9 Å². The van der Waals surface area contributed by atoms with Gasteiger partial charge in [0.25, 0.3) is 0 Å². The van der Waals surface area contributed by atoms with Crippen LogP contribution in [0.2, 0.25) is 15.1 Å². The number of aromatic nitrogens is 10. The van der Waals surface area contributed by atoms with Gasteiger partial charge in [-0.25, -0.2) is 0 Å². The monoisotopic (exact) mass is 1720 g/mol. The highest BCUT2D eigenvalue weighted by atomic mass is 127. The van der Waals surface area contributed by atoms with Crippen molar-refractivity contribution in [2.24, 2.45) is 0 Å². The molecule has 44 heteroatoms. The summed E-state index contributed by atoms with van der Waals surface area (Å²) in [6.07, 6.45) is -22.8. The lowest BCUT2D eigenvalue weighted by molar-refractivity contribution is -0.139. The van der Waals surface area contributed by atoms with Crippen LogP contribution >= 0.6 is 180 Å². The van der Waals surface area contributed by atoms with Crippen molar-refractivity contribution in [2.45, 2.75) is 65.5 Å². The average molecular weight is 1720 g/mol. The van der Waals surface area contributed by atoms with E-state index in [2.05, 4.69) is 107 Å². The lowest BCUT2D eigenvalue weighted by Gasteiger charge is -2.18. The van der Waals surface area contributed by atoms with Gasteiger partial charge in [0.05, 0.1) is 123 Å². The summed E-state index contributed by atoms with van der Waals surface area (Å²) in [5.74, 6) is 0. The molecule has 0 aliphatic carbocycles. The Balaban J connectivity index is 0.000000169. The summed E-state index contributed by atoms with van der Waals surface area (Å²) in [5, 5.41) is 36.0. The standard InChI is InChI=1S/C8H7B2F3N2O4S.C8H3Br2F3N2S.C8H3BrClF3N2S.C8H3BrF3IN2S.C8H3Cl2F3N2S/c1-2-3(8(11,12)13)5(10(18)19)7-6(14-20-15-7)4(2)9(16)17;2*1-2-3(8(11,12)13)5(10)7-6(4(2)9)14-16-15-7;1-2-3(8(10,11)12)5(13)7-6(4(2)9)14-16-15-7;1-2-3(8(11,12)13)5(10)7-6(4(2)9)14-16-15-7/h16-19H,1H3;4*1H3. The molecule has 0 saturated carbocycles. The molecule has 0 fully saturated rings. The maximum absolute atomic E-state index is 13.1. The van der Waals surface area contributed by atoms with E-state index in [1.807, 2.05) is 0 Å². The number of fused-ring (bicyclic) bond motifs is 5.